The third kappa shape index (κ3) is 6.31. The predicted octanol–water partition coefficient (Wildman–Crippen LogP) is 3.42. The summed E-state index contributed by atoms with van der Waals surface area (Å²) in [4.78, 5) is 14.3. The SMILES string of the molecule is CCN(CCC(=O)NCCOc1ccc(OC)cc1)c1cccc(C)c1. The highest BCUT2D eigenvalue weighted by molar-refractivity contribution is 5.76. The van der Waals surface area contributed by atoms with Crippen LogP contribution in [0.5, 0.6) is 11.5 Å². The Kier molecular flexibility index (Phi) is 7.80. The molecule has 0 saturated heterocycles. The Labute approximate surface area is 155 Å². The number of nitrogens with one attached hydrogen (secondary N) is 1. The van der Waals surface area contributed by atoms with E-state index in [1.54, 1.807) is 7.11 Å². The highest BCUT2D eigenvalue weighted by atomic mass is 16.5. The number of aryl methyl sites for hydroxylation is 1. The molecule has 0 aliphatic rings. The van der Waals surface area contributed by atoms with E-state index in [2.05, 4.69) is 42.3 Å². The van der Waals surface area contributed by atoms with Crippen LogP contribution in [0.1, 0.15) is 18.9 Å². The molecule has 1 N–H and O–H groups in total. The molecule has 0 aliphatic carbocycles. The molecule has 0 aromatic heterocycles. The van der Waals surface area contributed by atoms with Crippen molar-refractivity contribution in [1.29, 1.82) is 0 Å². The van der Waals surface area contributed by atoms with Crippen molar-refractivity contribution in [1.82, 2.24) is 5.32 Å². The summed E-state index contributed by atoms with van der Waals surface area (Å²) in [6.45, 7) is 6.67. The molecule has 2 aromatic rings. The van der Waals surface area contributed by atoms with Gasteiger partial charge in [0.25, 0.3) is 0 Å². The Balaban J connectivity index is 1.67. The Morgan fingerprint density at radius 3 is 2.50 bits per heavy atom. The lowest BCUT2D eigenvalue weighted by molar-refractivity contribution is -0.121. The summed E-state index contributed by atoms with van der Waals surface area (Å²) in [6, 6.07) is 15.7. The third-order valence-electron chi connectivity index (χ3n) is 4.11. The number of carbonyl (C=O) groups is 1. The fourth-order valence-corrected chi connectivity index (χ4v) is 2.65. The zero-order valence-corrected chi connectivity index (χ0v) is 15.8. The molecule has 0 aliphatic heterocycles. The van der Waals surface area contributed by atoms with Gasteiger partial charge in [-0.15, -0.1) is 0 Å². The molecule has 5 nitrogen and oxygen atoms in total. The fourth-order valence-electron chi connectivity index (χ4n) is 2.65. The summed E-state index contributed by atoms with van der Waals surface area (Å²) in [5.74, 6) is 1.59. The molecule has 0 atom stereocenters. The van der Waals surface area contributed by atoms with Crippen molar-refractivity contribution in [2.24, 2.45) is 0 Å². The first kappa shape index (κ1) is 19.6. The first-order valence-electron chi connectivity index (χ1n) is 8.97. The van der Waals surface area contributed by atoms with Crippen molar-refractivity contribution in [2.75, 3.05) is 38.3 Å². The molecule has 140 valence electrons. The van der Waals surface area contributed by atoms with Gasteiger partial charge in [0, 0.05) is 25.2 Å². The maximum absolute atomic E-state index is 12.0. The molecule has 0 bridgehead atoms. The van der Waals surface area contributed by atoms with E-state index in [0.29, 0.717) is 26.1 Å². The van der Waals surface area contributed by atoms with Crippen LogP contribution in [-0.2, 0) is 4.79 Å². The Bertz CT molecular complexity index is 686. The average molecular weight is 356 g/mol. The third-order valence-corrected chi connectivity index (χ3v) is 4.11. The summed E-state index contributed by atoms with van der Waals surface area (Å²) < 4.78 is 10.7. The molecule has 0 spiro atoms. The lowest BCUT2D eigenvalue weighted by Crippen LogP contribution is -2.32. The van der Waals surface area contributed by atoms with Gasteiger partial charge in [-0.1, -0.05) is 12.1 Å². The zero-order chi connectivity index (χ0) is 18.8. The maximum Gasteiger partial charge on any atom is 0.221 e. The lowest BCUT2D eigenvalue weighted by atomic mass is 10.2. The fraction of sp³-hybridized carbons (Fsp3) is 0.381. The minimum Gasteiger partial charge on any atom is -0.497 e. The van der Waals surface area contributed by atoms with Gasteiger partial charge >= 0.3 is 0 Å². The molecule has 0 radical (unpaired) electrons. The lowest BCUT2D eigenvalue weighted by Gasteiger charge is -2.23. The minimum absolute atomic E-state index is 0.0365. The van der Waals surface area contributed by atoms with Crippen LogP contribution in [0.3, 0.4) is 0 Å². The van der Waals surface area contributed by atoms with Crippen LogP contribution in [0.15, 0.2) is 48.5 Å². The van der Waals surface area contributed by atoms with Gasteiger partial charge in [0.05, 0.1) is 13.7 Å². The molecule has 5 heteroatoms. The molecule has 0 fully saturated rings. The number of nitrogens with zero attached hydrogens (tertiary/aromatic N) is 1. The second kappa shape index (κ2) is 10.3. The van der Waals surface area contributed by atoms with Gasteiger partial charge < -0.3 is 19.7 Å². The van der Waals surface area contributed by atoms with E-state index >= 15 is 0 Å². The van der Waals surface area contributed by atoms with E-state index in [9.17, 15) is 4.79 Å². The second-order valence-corrected chi connectivity index (χ2v) is 6.04. The van der Waals surface area contributed by atoms with Crippen LogP contribution < -0.4 is 19.7 Å². The van der Waals surface area contributed by atoms with E-state index in [0.717, 1.165) is 23.7 Å². The molecule has 0 heterocycles. The Hall–Kier alpha value is -2.69. The van der Waals surface area contributed by atoms with Crippen LogP contribution in [0.4, 0.5) is 5.69 Å². The van der Waals surface area contributed by atoms with Gasteiger partial charge in [-0.3, -0.25) is 4.79 Å². The number of hydrogen-bond acceptors (Lipinski definition) is 4. The van der Waals surface area contributed by atoms with Gasteiger partial charge in [-0.2, -0.15) is 0 Å². The van der Waals surface area contributed by atoms with Gasteiger partial charge in [0.2, 0.25) is 5.91 Å². The van der Waals surface area contributed by atoms with E-state index < -0.39 is 0 Å². The number of hydrogen-bond donors (Lipinski definition) is 1. The van der Waals surface area contributed by atoms with Crippen LogP contribution in [-0.4, -0.2) is 39.3 Å². The Morgan fingerprint density at radius 1 is 1.12 bits per heavy atom. The van der Waals surface area contributed by atoms with Crippen molar-refractivity contribution in [2.45, 2.75) is 20.3 Å². The van der Waals surface area contributed by atoms with Crippen LogP contribution in [0.2, 0.25) is 0 Å². The zero-order valence-electron chi connectivity index (χ0n) is 15.8. The summed E-state index contributed by atoms with van der Waals surface area (Å²) in [5.41, 5.74) is 2.38. The smallest absolute Gasteiger partial charge is 0.221 e. The number of amides is 1. The number of rotatable bonds is 10. The molecule has 2 rings (SSSR count). The number of methoxy groups -OCH3 is 1. The molecule has 0 unspecified atom stereocenters. The highest BCUT2D eigenvalue weighted by Gasteiger charge is 2.08. The van der Waals surface area contributed by atoms with E-state index in [-0.39, 0.29) is 5.91 Å². The average Bonchev–Trinajstić information content (AvgIpc) is 2.66. The first-order chi connectivity index (χ1) is 12.6. The van der Waals surface area contributed by atoms with Crippen LogP contribution >= 0.6 is 0 Å². The van der Waals surface area contributed by atoms with E-state index in [4.69, 9.17) is 9.47 Å². The van der Waals surface area contributed by atoms with Crippen LogP contribution in [0.25, 0.3) is 0 Å². The van der Waals surface area contributed by atoms with Gasteiger partial charge in [-0.25, -0.2) is 0 Å². The summed E-state index contributed by atoms with van der Waals surface area (Å²) >= 11 is 0. The highest BCUT2D eigenvalue weighted by Crippen LogP contribution is 2.17. The van der Waals surface area contributed by atoms with Crippen molar-refractivity contribution in [3.63, 3.8) is 0 Å². The normalized spacial score (nSPS) is 10.3. The molecule has 0 saturated carbocycles. The standard InChI is InChI=1S/C21H28N2O3/c1-4-23(18-7-5-6-17(2)16-18)14-12-21(24)22-13-15-26-20-10-8-19(25-3)9-11-20/h5-11,16H,4,12-15H2,1-3H3,(H,22,24). The van der Waals surface area contributed by atoms with Crippen molar-refractivity contribution >= 4 is 11.6 Å². The molecule has 26 heavy (non-hydrogen) atoms. The number of benzene rings is 2. The monoisotopic (exact) mass is 356 g/mol. The Morgan fingerprint density at radius 2 is 1.85 bits per heavy atom. The van der Waals surface area contributed by atoms with Gasteiger partial charge in [0.1, 0.15) is 18.1 Å². The molecular formula is C21H28N2O3. The van der Waals surface area contributed by atoms with Crippen molar-refractivity contribution < 1.29 is 14.3 Å². The van der Waals surface area contributed by atoms with E-state index in [1.165, 1.54) is 5.56 Å². The molecule has 1 amide bonds. The van der Waals surface area contributed by atoms with E-state index in [1.807, 2.05) is 30.3 Å². The number of ether oxygens (including phenoxy) is 2. The minimum atomic E-state index is 0.0365. The second-order valence-electron chi connectivity index (χ2n) is 6.04. The first-order valence-corrected chi connectivity index (χ1v) is 8.97. The number of anilines is 1. The van der Waals surface area contributed by atoms with Crippen molar-refractivity contribution in [3.05, 3.63) is 54.1 Å². The van der Waals surface area contributed by atoms with Gasteiger partial charge in [0.15, 0.2) is 0 Å². The molecule has 2 aromatic carbocycles. The summed E-state index contributed by atoms with van der Waals surface area (Å²) in [5, 5.41) is 2.90. The summed E-state index contributed by atoms with van der Waals surface area (Å²) in [7, 11) is 1.63. The quantitative estimate of drug-likeness (QED) is 0.663. The predicted molar refractivity (Wildman–Crippen MR) is 105 cm³/mol. The summed E-state index contributed by atoms with van der Waals surface area (Å²) in [6.07, 6.45) is 0.463. The van der Waals surface area contributed by atoms with Gasteiger partial charge in [-0.05, 0) is 55.8 Å². The molecular weight excluding hydrogens is 328 g/mol. The maximum atomic E-state index is 12.0. The number of carbonyl (C=O) groups excluding carboxylic acids is 1. The van der Waals surface area contributed by atoms with Crippen molar-refractivity contribution in [3.8, 4) is 11.5 Å². The topological polar surface area (TPSA) is 50.8 Å². The largest absolute Gasteiger partial charge is 0.497 e. The van der Waals surface area contributed by atoms with Crippen LogP contribution in [0, 0.1) is 6.92 Å².